The first-order valence-corrected chi connectivity index (χ1v) is 6.30. The van der Waals surface area contributed by atoms with Crippen LogP contribution in [-0.2, 0) is 14.3 Å². The molecule has 20 heavy (non-hydrogen) atoms. The highest BCUT2D eigenvalue weighted by molar-refractivity contribution is 5.86. The molecule has 1 saturated heterocycles. The number of nitrogens with zero attached hydrogens (tertiary/aromatic N) is 2. The van der Waals surface area contributed by atoms with Crippen LogP contribution in [0.25, 0.3) is 0 Å². The zero-order valence-corrected chi connectivity index (χ0v) is 11.4. The van der Waals surface area contributed by atoms with Crippen molar-refractivity contribution in [2.24, 2.45) is 0 Å². The molecule has 110 valence electrons. The molecule has 1 aliphatic rings. The maximum absolute atomic E-state index is 12.3. The lowest BCUT2D eigenvalue weighted by Gasteiger charge is -2.36. The summed E-state index contributed by atoms with van der Waals surface area (Å²) >= 11 is 0. The minimum Gasteiger partial charge on any atom is -0.480 e. The van der Waals surface area contributed by atoms with E-state index in [1.807, 2.05) is 0 Å². The van der Waals surface area contributed by atoms with Gasteiger partial charge in [0.2, 0.25) is 0 Å². The normalized spacial score (nSPS) is 18.0. The van der Waals surface area contributed by atoms with E-state index in [0.29, 0.717) is 13.0 Å². The van der Waals surface area contributed by atoms with Gasteiger partial charge in [0, 0.05) is 6.54 Å². The number of terminal acetylenes is 1. The van der Waals surface area contributed by atoms with Gasteiger partial charge in [0.15, 0.2) is 0 Å². The quantitative estimate of drug-likeness (QED) is 0.586. The van der Waals surface area contributed by atoms with Gasteiger partial charge in [-0.1, -0.05) is 5.92 Å². The Bertz CT molecular complexity index is 429. The van der Waals surface area contributed by atoms with Gasteiger partial charge in [-0.15, -0.1) is 6.42 Å². The van der Waals surface area contributed by atoms with Crippen molar-refractivity contribution in [1.82, 2.24) is 9.80 Å². The molecule has 0 aromatic rings. The molecule has 1 fully saturated rings. The summed E-state index contributed by atoms with van der Waals surface area (Å²) in [7, 11) is 1.26. The van der Waals surface area contributed by atoms with Crippen molar-refractivity contribution >= 4 is 18.0 Å². The van der Waals surface area contributed by atoms with Gasteiger partial charge in [-0.3, -0.25) is 4.79 Å². The number of methoxy groups -OCH3 is 1. The van der Waals surface area contributed by atoms with Crippen LogP contribution in [0.15, 0.2) is 0 Å². The van der Waals surface area contributed by atoms with Gasteiger partial charge in [-0.05, 0) is 19.3 Å². The van der Waals surface area contributed by atoms with Crippen molar-refractivity contribution in [3.63, 3.8) is 0 Å². The number of hydrogen-bond donors (Lipinski definition) is 1. The van der Waals surface area contributed by atoms with Crippen molar-refractivity contribution in [2.45, 2.75) is 25.3 Å². The van der Waals surface area contributed by atoms with Gasteiger partial charge < -0.3 is 19.6 Å². The molecule has 0 radical (unpaired) electrons. The second-order valence-electron chi connectivity index (χ2n) is 4.46. The molecule has 1 atom stereocenters. The van der Waals surface area contributed by atoms with E-state index in [1.165, 1.54) is 12.0 Å². The molecule has 0 saturated carbocycles. The van der Waals surface area contributed by atoms with Gasteiger partial charge in [-0.25, -0.2) is 9.59 Å². The Balaban J connectivity index is 2.86. The molecular formula is C13H18N2O5. The average Bonchev–Trinajstić information content (AvgIpc) is 2.44. The highest BCUT2D eigenvalue weighted by Gasteiger charge is 2.35. The smallest absolute Gasteiger partial charge is 0.328 e. The van der Waals surface area contributed by atoms with Gasteiger partial charge in [-0.2, -0.15) is 0 Å². The van der Waals surface area contributed by atoms with E-state index in [-0.39, 0.29) is 6.54 Å². The average molecular weight is 282 g/mol. The fourth-order valence-electron chi connectivity index (χ4n) is 2.19. The number of urea groups is 1. The van der Waals surface area contributed by atoms with Crippen molar-refractivity contribution in [3.8, 4) is 12.3 Å². The SMILES string of the molecule is C#CCN(CC(=O)O)C(=O)N1CCCCC1C(=O)OC. The fraction of sp³-hybridized carbons (Fsp3) is 0.615. The van der Waals surface area contributed by atoms with Crippen molar-refractivity contribution in [3.05, 3.63) is 0 Å². The van der Waals surface area contributed by atoms with Crippen LogP contribution < -0.4 is 0 Å². The molecule has 1 unspecified atom stereocenters. The third-order valence-corrected chi connectivity index (χ3v) is 3.10. The number of rotatable bonds is 4. The molecule has 0 spiro atoms. The molecule has 7 nitrogen and oxygen atoms in total. The first-order chi connectivity index (χ1) is 9.51. The molecule has 0 aromatic heterocycles. The van der Waals surface area contributed by atoms with Crippen LogP contribution in [0, 0.1) is 12.3 Å². The Hall–Kier alpha value is -2.23. The Morgan fingerprint density at radius 1 is 1.45 bits per heavy atom. The van der Waals surface area contributed by atoms with Crippen LogP contribution >= 0.6 is 0 Å². The van der Waals surface area contributed by atoms with Crippen LogP contribution in [0.4, 0.5) is 4.79 Å². The number of carbonyl (C=O) groups excluding carboxylic acids is 2. The summed E-state index contributed by atoms with van der Waals surface area (Å²) in [6.45, 7) is -0.220. The van der Waals surface area contributed by atoms with Gasteiger partial charge in [0.25, 0.3) is 0 Å². The molecule has 1 N–H and O–H groups in total. The monoisotopic (exact) mass is 282 g/mol. The summed E-state index contributed by atoms with van der Waals surface area (Å²) in [6, 6.07) is -1.21. The van der Waals surface area contributed by atoms with Gasteiger partial charge in [0.05, 0.1) is 13.7 Å². The number of carbonyl (C=O) groups is 3. The first kappa shape index (κ1) is 15.8. The highest BCUT2D eigenvalue weighted by Crippen LogP contribution is 2.19. The van der Waals surface area contributed by atoms with Crippen LogP contribution in [-0.4, -0.2) is 65.7 Å². The molecular weight excluding hydrogens is 264 g/mol. The zero-order chi connectivity index (χ0) is 15.1. The van der Waals surface area contributed by atoms with Crippen LogP contribution in [0.1, 0.15) is 19.3 Å². The number of amides is 2. The number of carboxylic acids is 1. The fourth-order valence-corrected chi connectivity index (χ4v) is 2.19. The van der Waals surface area contributed by atoms with E-state index in [2.05, 4.69) is 10.7 Å². The lowest BCUT2D eigenvalue weighted by atomic mass is 10.0. The third-order valence-electron chi connectivity index (χ3n) is 3.10. The number of esters is 1. The topological polar surface area (TPSA) is 87.2 Å². The van der Waals surface area contributed by atoms with E-state index in [1.54, 1.807) is 0 Å². The number of likely N-dealkylation sites (tertiary alicyclic amines) is 1. The first-order valence-electron chi connectivity index (χ1n) is 6.30. The summed E-state index contributed by atoms with van der Waals surface area (Å²) in [5.74, 6) is 0.606. The zero-order valence-electron chi connectivity index (χ0n) is 11.4. The lowest BCUT2D eigenvalue weighted by molar-refractivity contribution is -0.147. The molecule has 1 aliphatic heterocycles. The summed E-state index contributed by atoms with van der Waals surface area (Å²) in [5, 5.41) is 8.81. The molecule has 0 aromatic carbocycles. The Morgan fingerprint density at radius 3 is 2.70 bits per heavy atom. The molecule has 1 rings (SSSR count). The highest BCUT2D eigenvalue weighted by atomic mass is 16.5. The minimum atomic E-state index is -1.15. The van der Waals surface area contributed by atoms with E-state index in [0.717, 1.165) is 17.7 Å². The van der Waals surface area contributed by atoms with Crippen molar-refractivity contribution < 1.29 is 24.2 Å². The maximum atomic E-state index is 12.3. The lowest BCUT2D eigenvalue weighted by Crippen LogP contribution is -2.54. The van der Waals surface area contributed by atoms with E-state index in [9.17, 15) is 14.4 Å². The maximum Gasteiger partial charge on any atom is 0.328 e. The second-order valence-corrected chi connectivity index (χ2v) is 4.46. The summed E-state index contributed by atoms with van der Waals surface area (Å²) in [4.78, 5) is 37.2. The predicted octanol–water partition coefficient (Wildman–Crippen LogP) is 0.154. The number of hydrogen-bond acceptors (Lipinski definition) is 4. The number of ether oxygens (including phenoxy) is 1. The molecule has 2 amide bonds. The molecule has 1 heterocycles. The molecule has 0 aliphatic carbocycles. The van der Waals surface area contributed by atoms with E-state index in [4.69, 9.17) is 11.5 Å². The van der Waals surface area contributed by atoms with Crippen molar-refractivity contribution in [2.75, 3.05) is 26.7 Å². The largest absolute Gasteiger partial charge is 0.480 e. The summed E-state index contributed by atoms with van der Waals surface area (Å²) < 4.78 is 4.68. The Morgan fingerprint density at radius 2 is 2.15 bits per heavy atom. The summed E-state index contributed by atoms with van der Waals surface area (Å²) in [6.07, 6.45) is 7.23. The predicted molar refractivity (Wildman–Crippen MR) is 69.8 cm³/mol. The van der Waals surface area contributed by atoms with Gasteiger partial charge in [0.1, 0.15) is 12.6 Å². The van der Waals surface area contributed by atoms with Crippen molar-refractivity contribution in [1.29, 1.82) is 0 Å². The second kappa shape index (κ2) is 7.38. The van der Waals surface area contributed by atoms with Gasteiger partial charge >= 0.3 is 18.0 Å². The van der Waals surface area contributed by atoms with E-state index < -0.39 is 30.6 Å². The number of aliphatic carboxylic acids is 1. The van der Waals surface area contributed by atoms with E-state index >= 15 is 0 Å². The number of piperidine rings is 1. The van der Waals surface area contributed by atoms with Crippen LogP contribution in [0.3, 0.4) is 0 Å². The van der Waals surface area contributed by atoms with Crippen LogP contribution in [0.2, 0.25) is 0 Å². The molecule has 0 bridgehead atoms. The standard InChI is InChI=1S/C13H18N2O5/c1-3-7-14(9-11(16)17)13(19)15-8-5-4-6-10(15)12(18)20-2/h1,10H,4-9H2,2H3,(H,16,17). The Labute approximate surface area is 117 Å². The Kier molecular flexibility index (Phi) is 5.84. The minimum absolute atomic E-state index is 0.116. The molecule has 7 heteroatoms. The summed E-state index contributed by atoms with van der Waals surface area (Å²) in [5.41, 5.74) is 0. The third kappa shape index (κ3) is 3.88. The number of carboxylic acid groups (broad SMARTS) is 1. The van der Waals surface area contributed by atoms with Crippen LogP contribution in [0.5, 0.6) is 0 Å².